The van der Waals surface area contributed by atoms with Crippen molar-refractivity contribution in [1.29, 1.82) is 0 Å². The van der Waals surface area contributed by atoms with Crippen LogP contribution in [0.3, 0.4) is 0 Å². The Bertz CT molecular complexity index is 504. The first-order valence-corrected chi connectivity index (χ1v) is 4.61. The van der Waals surface area contributed by atoms with Gasteiger partial charge in [0.2, 0.25) is 5.95 Å². The average Bonchev–Trinajstić information content (AvgIpc) is 2.63. The molecule has 0 spiro atoms. The lowest BCUT2D eigenvalue weighted by molar-refractivity contribution is -0.274. The summed E-state index contributed by atoms with van der Waals surface area (Å²) in [5.74, 6) is -0.0190. The zero-order chi connectivity index (χ0) is 12.5. The second kappa shape index (κ2) is 4.00. The molecule has 1 aromatic heterocycles. The standard InChI is InChI=1S/C10H8F3N3O/c11-10(12,13)17-8-3-1-7(2-4-8)16-6-5-15-9(16)14/h1-6H,(H2,14,15). The van der Waals surface area contributed by atoms with Gasteiger partial charge >= 0.3 is 6.36 Å². The largest absolute Gasteiger partial charge is 0.573 e. The number of halogens is 3. The summed E-state index contributed by atoms with van der Waals surface area (Å²) >= 11 is 0. The zero-order valence-electron chi connectivity index (χ0n) is 8.48. The van der Waals surface area contributed by atoms with Crippen LogP contribution < -0.4 is 10.5 Å². The monoisotopic (exact) mass is 243 g/mol. The van der Waals surface area contributed by atoms with Gasteiger partial charge in [0.1, 0.15) is 5.75 Å². The van der Waals surface area contributed by atoms with Gasteiger partial charge in [-0.1, -0.05) is 0 Å². The van der Waals surface area contributed by atoms with E-state index in [0.29, 0.717) is 5.69 Å². The van der Waals surface area contributed by atoms with Crippen molar-refractivity contribution in [2.24, 2.45) is 0 Å². The fourth-order valence-electron chi connectivity index (χ4n) is 1.34. The van der Waals surface area contributed by atoms with Crippen molar-refractivity contribution in [2.45, 2.75) is 6.36 Å². The van der Waals surface area contributed by atoms with Crippen LogP contribution in [0.25, 0.3) is 5.69 Å². The maximum Gasteiger partial charge on any atom is 0.573 e. The highest BCUT2D eigenvalue weighted by atomic mass is 19.4. The third-order valence-electron chi connectivity index (χ3n) is 2.02. The van der Waals surface area contributed by atoms with Gasteiger partial charge in [-0.05, 0) is 24.3 Å². The van der Waals surface area contributed by atoms with Crippen LogP contribution in [-0.4, -0.2) is 15.9 Å². The van der Waals surface area contributed by atoms with Crippen LogP contribution >= 0.6 is 0 Å². The number of hydrogen-bond acceptors (Lipinski definition) is 3. The number of nitrogens with zero attached hydrogens (tertiary/aromatic N) is 2. The summed E-state index contributed by atoms with van der Waals surface area (Å²) < 4.78 is 41.1. The van der Waals surface area contributed by atoms with E-state index in [9.17, 15) is 13.2 Å². The third-order valence-corrected chi connectivity index (χ3v) is 2.02. The Morgan fingerprint density at radius 2 is 1.82 bits per heavy atom. The van der Waals surface area contributed by atoms with Gasteiger partial charge < -0.3 is 10.5 Å². The van der Waals surface area contributed by atoms with E-state index in [1.807, 2.05) is 0 Å². The molecule has 1 heterocycles. The number of ether oxygens (including phenoxy) is 1. The van der Waals surface area contributed by atoms with Gasteiger partial charge in [-0.2, -0.15) is 0 Å². The summed E-state index contributed by atoms with van der Waals surface area (Å²) in [5, 5.41) is 0. The van der Waals surface area contributed by atoms with Crippen LogP contribution in [0.15, 0.2) is 36.7 Å². The average molecular weight is 243 g/mol. The van der Waals surface area contributed by atoms with E-state index < -0.39 is 6.36 Å². The number of alkyl halides is 3. The Morgan fingerprint density at radius 1 is 1.18 bits per heavy atom. The molecule has 0 aliphatic heterocycles. The maximum absolute atomic E-state index is 11.9. The van der Waals surface area contributed by atoms with Crippen molar-refractivity contribution in [3.63, 3.8) is 0 Å². The number of aromatic nitrogens is 2. The van der Waals surface area contributed by atoms with Crippen LogP contribution in [0.4, 0.5) is 19.1 Å². The summed E-state index contributed by atoms with van der Waals surface area (Å²) in [6.45, 7) is 0. The molecule has 0 saturated carbocycles. The SMILES string of the molecule is Nc1nccn1-c1ccc(OC(F)(F)F)cc1. The lowest BCUT2D eigenvalue weighted by Gasteiger charge is -2.09. The predicted molar refractivity (Wildman–Crippen MR) is 54.7 cm³/mol. The maximum atomic E-state index is 11.9. The third kappa shape index (κ3) is 2.68. The molecule has 0 aliphatic carbocycles. The number of anilines is 1. The Kier molecular flexibility index (Phi) is 2.66. The van der Waals surface area contributed by atoms with E-state index in [1.165, 1.54) is 35.0 Å². The molecule has 90 valence electrons. The van der Waals surface area contributed by atoms with Crippen LogP contribution in [0.5, 0.6) is 5.75 Å². The van der Waals surface area contributed by atoms with Crippen LogP contribution in [0.2, 0.25) is 0 Å². The minimum Gasteiger partial charge on any atom is -0.406 e. The van der Waals surface area contributed by atoms with Crippen molar-refractivity contribution >= 4 is 5.95 Å². The molecule has 2 N–H and O–H groups in total. The zero-order valence-corrected chi connectivity index (χ0v) is 8.48. The van der Waals surface area contributed by atoms with Gasteiger partial charge in [-0.3, -0.25) is 4.57 Å². The summed E-state index contributed by atoms with van der Waals surface area (Å²) in [7, 11) is 0. The Hall–Kier alpha value is -2.18. The summed E-state index contributed by atoms with van der Waals surface area (Å²) in [4.78, 5) is 3.80. The Balaban J connectivity index is 2.22. The van der Waals surface area contributed by atoms with E-state index in [-0.39, 0.29) is 11.7 Å². The quantitative estimate of drug-likeness (QED) is 0.880. The molecule has 0 aliphatic rings. The molecular formula is C10H8F3N3O. The normalized spacial score (nSPS) is 11.5. The number of hydrogen-bond donors (Lipinski definition) is 1. The molecule has 0 bridgehead atoms. The molecule has 0 amide bonds. The highest BCUT2D eigenvalue weighted by Gasteiger charge is 2.30. The molecule has 4 nitrogen and oxygen atoms in total. The first-order chi connectivity index (χ1) is 7.96. The van der Waals surface area contributed by atoms with Gasteiger partial charge in [0, 0.05) is 18.1 Å². The molecule has 2 rings (SSSR count). The smallest absolute Gasteiger partial charge is 0.406 e. The van der Waals surface area contributed by atoms with Gasteiger partial charge in [-0.25, -0.2) is 4.98 Å². The van der Waals surface area contributed by atoms with Gasteiger partial charge in [-0.15, -0.1) is 13.2 Å². The Morgan fingerprint density at radius 3 is 2.29 bits per heavy atom. The molecule has 0 radical (unpaired) electrons. The molecule has 0 unspecified atom stereocenters. The highest BCUT2D eigenvalue weighted by Crippen LogP contribution is 2.24. The molecule has 2 aromatic rings. The molecule has 1 aromatic carbocycles. The van der Waals surface area contributed by atoms with E-state index >= 15 is 0 Å². The number of imidazole rings is 1. The Labute approximate surface area is 94.4 Å². The molecule has 0 atom stereocenters. The fourth-order valence-corrected chi connectivity index (χ4v) is 1.34. The van der Waals surface area contributed by atoms with E-state index in [4.69, 9.17) is 5.73 Å². The van der Waals surface area contributed by atoms with Crippen molar-refractivity contribution in [3.8, 4) is 11.4 Å². The summed E-state index contributed by atoms with van der Waals surface area (Å²) in [6, 6.07) is 5.34. The summed E-state index contributed by atoms with van der Waals surface area (Å²) in [6.07, 6.45) is -1.58. The van der Waals surface area contributed by atoms with Gasteiger partial charge in [0.25, 0.3) is 0 Å². The molecule has 17 heavy (non-hydrogen) atoms. The van der Waals surface area contributed by atoms with Crippen molar-refractivity contribution in [1.82, 2.24) is 9.55 Å². The molecule has 7 heteroatoms. The molecular weight excluding hydrogens is 235 g/mol. The second-order valence-electron chi connectivity index (χ2n) is 3.20. The summed E-state index contributed by atoms with van der Waals surface area (Å²) in [5.41, 5.74) is 6.16. The highest BCUT2D eigenvalue weighted by molar-refractivity contribution is 5.42. The first kappa shape index (κ1) is 11.3. The molecule has 0 saturated heterocycles. The van der Waals surface area contributed by atoms with Gasteiger partial charge in [0.15, 0.2) is 0 Å². The number of nitrogens with two attached hydrogens (primary N) is 1. The lowest BCUT2D eigenvalue weighted by atomic mass is 10.3. The van der Waals surface area contributed by atoms with Crippen molar-refractivity contribution < 1.29 is 17.9 Å². The number of rotatable bonds is 2. The van der Waals surface area contributed by atoms with Gasteiger partial charge in [0.05, 0.1) is 0 Å². The minimum absolute atomic E-state index is 0.259. The minimum atomic E-state index is -4.68. The number of benzene rings is 1. The second-order valence-corrected chi connectivity index (χ2v) is 3.20. The van der Waals surface area contributed by atoms with Crippen molar-refractivity contribution in [3.05, 3.63) is 36.7 Å². The van der Waals surface area contributed by atoms with E-state index in [2.05, 4.69) is 9.72 Å². The first-order valence-electron chi connectivity index (χ1n) is 4.61. The van der Waals surface area contributed by atoms with Crippen LogP contribution in [-0.2, 0) is 0 Å². The number of nitrogen functional groups attached to an aromatic ring is 1. The van der Waals surface area contributed by atoms with Crippen molar-refractivity contribution in [2.75, 3.05) is 5.73 Å². The van der Waals surface area contributed by atoms with Crippen LogP contribution in [0, 0.1) is 0 Å². The predicted octanol–water partition coefficient (Wildman–Crippen LogP) is 2.35. The van der Waals surface area contributed by atoms with E-state index in [1.54, 1.807) is 6.20 Å². The van der Waals surface area contributed by atoms with E-state index in [0.717, 1.165) is 0 Å². The fraction of sp³-hybridized carbons (Fsp3) is 0.100. The van der Waals surface area contributed by atoms with Crippen LogP contribution in [0.1, 0.15) is 0 Å². The molecule has 0 fully saturated rings. The lowest BCUT2D eigenvalue weighted by Crippen LogP contribution is -2.17. The topological polar surface area (TPSA) is 53.1 Å².